The SMILES string of the molecule is CCC(C(=O)O)N1CCN(c2ccc(C(C)C)cc2C(C)(C)C)CC1. The molecule has 0 bridgehead atoms. The number of nitrogens with zero attached hydrogens (tertiary/aromatic N) is 2. The van der Waals surface area contributed by atoms with Crippen LogP contribution >= 0.6 is 0 Å². The van der Waals surface area contributed by atoms with E-state index < -0.39 is 5.97 Å². The fourth-order valence-electron chi connectivity index (χ4n) is 3.65. The second kappa shape index (κ2) is 7.77. The maximum atomic E-state index is 11.4. The van der Waals surface area contributed by atoms with Crippen molar-refractivity contribution in [3.05, 3.63) is 29.3 Å². The predicted molar refractivity (Wildman–Crippen MR) is 105 cm³/mol. The van der Waals surface area contributed by atoms with E-state index in [1.807, 2.05) is 6.92 Å². The summed E-state index contributed by atoms with van der Waals surface area (Å²) in [7, 11) is 0. The van der Waals surface area contributed by atoms with Gasteiger partial charge in [0.2, 0.25) is 0 Å². The van der Waals surface area contributed by atoms with Crippen LogP contribution in [0.4, 0.5) is 5.69 Å². The molecule has 1 aliphatic rings. The number of benzene rings is 1. The third-order valence-electron chi connectivity index (χ3n) is 5.26. The Morgan fingerprint density at radius 3 is 2.20 bits per heavy atom. The van der Waals surface area contributed by atoms with Crippen molar-refractivity contribution in [2.45, 2.75) is 65.3 Å². The van der Waals surface area contributed by atoms with Gasteiger partial charge >= 0.3 is 5.97 Å². The molecule has 0 spiro atoms. The average molecular weight is 347 g/mol. The summed E-state index contributed by atoms with van der Waals surface area (Å²) in [5.41, 5.74) is 4.16. The molecule has 0 saturated carbocycles. The van der Waals surface area contributed by atoms with Crippen molar-refractivity contribution in [1.29, 1.82) is 0 Å². The van der Waals surface area contributed by atoms with Gasteiger partial charge in [-0.2, -0.15) is 0 Å². The van der Waals surface area contributed by atoms with E-state index in [1.54, 1.807) is 0 Å². The van der Waals surface area contributed by atoms with Crippen LogP contribution in [0.5, 0.6) is 0 Å². The number of carbonyl (C=O) groups is 1. The fraction of sp³-hybridized carbons (Fsp3) is 0.667. The Morgan fingerprint density at radius 2 is 1.76 bits per heavy atom. The van der Waals surface area contributed by atoms with Gasteiger partial charge in [0.1, 0.15) is 6.04 Å². The van der Waals surface area contributed by atoms with Gasteiger partial charge in [-0.05, 0) is 34.9 Å². The largest absolute Gasteiger partial charge is 0.480 e. The van der Waals surface area contributed by atoms with E-state index in [0.29, 0.717) is 12.3 Å². The summed E-state index contributed by atoms with van der Waals surface area (Å²) in [5.74, 6) is -0.180. The molecule has 0 aromatic heterocycles. The first-order valence-corrected chi connectivity index (χ1v) is 9.51. The van der Waals surface area contributed by atoms with Gasteiger partial charge in [-0.1, -0.05) is 53.7 Å². The maximum absolute atomic E-state index is 11.4. The van der Waals surface area contributed by atoms with E-state index in [2.05, 4.69) is 62.6 Å². The first kappa shape index (κ1) is 19.8. The zero-order valence-electron chi connectivity index (χ0n) is 16.7. The Labute approximate surface area is 152 Å². The molecule has 1 aromatic carbocycles. The number of anilines is 1. The van der Waals surface area contributed by atoms with Crippen molar-refractivity contribution in [3.8, 4) is 0 Å². The topological polar surface area (TPSA) is 43.8 Å². The lowest BCUT2D eigenvalue weighted by atomic mass is 9.83. The number of piperazine rings is 1. The predicted octanol–water partition coefficient (Wildman–Crippen LogP) is 4.09. The number of hydrogen-bond donors (Lipinski definition) is 1. The monoisotopic (exact) mass is 346 g/mol. The Hall–Kier alpha value is -1.55. The lowest BCUT2D eigenvalue weighted by molar-refractivity contribution is -0.143. The van der Waals surface area contributed by atoms with Gasteiger partial charge < -0.3 is 10.0 Å². The first-order valence-electron chi connectivity index (χ1n) is 9.51. The van der Waals surface area contributed by atoms with Crippen LogP contribution in [0.1, 0.15) is 65.0 Å². The molecule has 140 valence electrons. The number of aliphatic carboxylic acids is 1. The minimum absolute atomic E-state index is 0.0877. The van der Waals surface area contributed by atoms with Crippen LogP contribution in [-0.2, 0) is 10.2 Å². The molecule has 1 saturated heterocycles. The van der Waals surface area contributed by atoms with Crippen LogP contribution in [0.2, 0.25) is 0 Å². The Bertz CT molecular complexity index is 596. The smallest absolute Gasteiger partial charge is 0.320 e. The number of carboxylic acid groups (broad SMARTS) is 1. The van der Waals surface area contributed by atoms with Gasteiger partial charge in [0, 0.05) is 31.9 Å². The van der Waals surface area contributed by atoms with Crippen LogP contribution in [0, 0.1) is 0 Å². The van der Waals surface area contributed by atoms with Crippen LogP contribution in [-0.4, -0.2) is 48.2 Å². The Balaban J connectivity index is 2.22. The van der Waals surface area contributed by atoms with Crippen molar-refractivity contribution in [2.24, 2.45) is 0 Å². The van der Waals surface area contributed by atoms with Crippen molar-refractivity contribution in [1.82, 2.24) is 4.90 Å². The molecule has 1 N–H and O–H groups in total. The van der Waals surface area contributed by atoms with Crippen molar-refractivity contribution in [2.75, 3.05) is 31.1 Å². The van der Waals surface area contributed by atoms with E-state index in [1.165, 1.54) is 16.8 Å². The summed E-state index contributed by atoms with van der Waals surface area (Å²) in [6.45, 7) is 16.6. The Kier molecular flexibility index (Phi) is 6.15. The second-order valence-electron chi connectivity index (χ2n) is 8.47. The van der Waals surface area contributed by atoms with Crippen LogP contribution in [0.3, 0.4) is 0 Å². The normalized spacial score (nSPS) is 17.8. The highest BCUT2D eigenvalue weighted by Crippen LogP contribution is 2.35. The van der Waals surface area contributed by atoms with Gasteiger partial charge in [-0.3, -0.25) is 9.69 Å². The molecule has 0 amide bonds. The molecule has 1 unspecified atom stereocenters. The summed E-state index contributed by atoms with van der Waals surface area (Å²) in [6.07, 6.45) is 0.658. The third-order valence-corrected chi connectivity index (χ3v) is 5.26. The maximum Gasteiger partial charge on any atom is 0.320 e. The van der Waals surface area contributed by atoms with Crippen molar-refractivity contribution >= 4 is 11.7 Å². The number of hydrogen-bond acceptors (Lipinski definition) is 3. The Morgan fingerprint density at radius 1 is 1.16 bits per heavy atom. The quantitative estimate of drug-likeness (QED) is 0.872. The van der Waals surface area contributed by atoms with Gasteiger partial charge in [0.05, 0.1) is 0 Å². The van der Waals surface area contributed by atoms with Crippen LogP contribution in [0.15, 0.2) is 18.2 Å². The van der Waals surface area contributed by atoms with Crippen molar-refractivity contribution in [3.63, 3.8) is 0 Å². The zero-order chi connectivity index (χ0) is 18.8. The molecule has 1 aliphatic heterocycles. The second-order valence-corrected chi connectivity index (χ2v) is 8.47. The standard InChI is InChI=1S/C21H34N2O2/c1-7-18(20(24)25)22-10-12-23(13-11-22)19-9-8-16(15(2)3)14-17(19)21(4,5)6/h8-9,14-15,18H,7,10-13H2,1-6H3,(H,24,25). The average Bonchev–Trinajstić information content (AvgIpc) is 2.54. The minimum atomic E-state index is -0.701. The summed E-state index contributed by atoms with van der Waals surface area (Å²) in [4.78, 5) is 15.9. The van der Waals surface area contributed by atoms with E-state index >= 15 is 0 Å². The lowest BCUT2D eigenvalue weighted by Gasteiger charge is -2.40. The van der Waals surface area contributed by atoms with Gasteiger partial charge in [0.25, 0.3) is 0 Å². The molecule has 1 heterocycles. The van der Waals surface area contributed by atoms with E-state index in [-0.39, 0.29) is 11.5 Å². The highest BCUT2D eigenvalue weighted by molar-refractivity contribution is 5.73. The molecule has 1 fully saturated rings. The molecule has 4 nitrogen and oxygen atoms in total. The fourth-order valence-corrected chi connectivity index (χ4v) is 3.65. The molecular formula is C21H34N2O2. The number of rotatable bonds is 5. The molecular weight excluding hydrogens is 312 g/mol. The van der Waals surface area contributed by atoms with E-state index in [9.17, 15) is 9.90 Å². The van der Waals surface area contributed by atoms with E-state index in [4.69, 9.17) is 0 Å². The van der Waals surface area contributed by atoms with Crippen LogP contribution in [0.25, 0.3) is 0 Å². The summed E-state index contributed by atoms with van der Waals surface area (Å²) >= 11 is 0. The lowest BCUT2D eigenvalue weighted by Crippen LogP contribution is -2.52. The van der Waals surface area contributed by atoms with Crippen molar-refractivity contribution < 1.29 is 9.90 Å². The summed E-state index contributed by atoms with van der Waals surface area (Å²) in [5, 5.41) is 9.39. The van der Waals surface area contributed by atoms with E-state index in [0.717, 1.165) is 26.2 Å². The molecule has 0 radical (unpaired) electrons. The number of carboxylic acids is 1. The van der Waals surface area contributed by atoms with Gasteiger partial charge in [0.15, 0.2) is 0 Å². The molecule has 1 aromatic rings. The molecule has 4 heteroatoms. The highest BCUT2D eigenvalue weighted by atomic mass is 16.4. The summed E-state index contributed by atoms with van der Waals surface area (Å²) < 4.78 is 0. The summed E-state index contributed by atoms with van der Waals surface area (Å²) in [6, 6.07) is 6.51. The molecule has 25 heavy (non-hydrogen) atoms. The van der Waals surface area contributed by atoms with Crippen LogP contribution < -0.4 is 4.90 Å². The third kappa shape index (κ3) is 4.55. The first-order chi connectivity index (χ1) is 11.6. The van der Waals surface area contributed by atoms with Gasteiger partial charge in [-0.25, -0.2) is 0 Å². The molecule has 2 rings (SSSR count). The molecule has 1 atom stereocenters. The zero-order valence-corrected chi connectivity index (χ0v) is 16.7. The highest BCUT2D eigenvalue weighted by Gasteiger charge is 2.29. The van der Waals surface area contributed by atoms with Gasteiger partial charge in [-0.15, -0.1) is 0 Å². The minimum Gasteiger partial charge on any atom is -0.480 e. The molecule has 0 aliphatic carbocycles.